The van der Waals surface area contributed by atoms with Gasteiger partial charge in [0.25, 0.3) is 0 Å². The summed E-state index contributed by atoms with van der Waals surface area (Å²) >= 11 is 5.93. The van der Waals surface area contributed by atoms with Crippen molar-refractivity contribution in [2.45, 2.75) is 0 Å². The van der Waals surface area contributed by atoms with Crippen LogP contribution in [0.2, 0.25) is 5.02 Å². The van der Waals surface area contributed by atoms with Gasteiger partial charge >= 0.3 is 0 Å². The molecule has 0 saturated carbocycles. The fraction of sp³-hybridized carbons (Fsp3) is 0.0769. The standard InChI is InChI=1S/C13H11ClFNO/c1-17-13-6-8(2-5-11(13)14)10-4-3-9(15)7-12(10)16/h2-7H,16H2,1H3. The summed E-state index contributed by atoms with van der Waals surface area (Å²) < 4.78 is 18.1. The Bertz CT molecular complexity index is 557. The minimum atomic E-state index is -0.354. The third kappa shape index (κ3) is 2.34. The summed E-state index contributed by atoms with van der Waals surface area (Å²) in [6.45, 7) is 0. The van der Waals surface area contributed by atoms with Crippen molar-refractivity contribution in [2.24, 2.45) is 0 Å². The summed E-state index contributed by atoms with van der Waals surface area (Å²) in [5, 5.41) is 0.525. The van der Waals surface area contributed by atoms with E-state index in [1.807, 2.05) is 6.07 Å². The number of hydrogen-bond acceptors (Lipinski definition) is 2. The Hall–Kier alpha value is -1.74. The van der Waals surface area contributed by atoms with Gasteiger partial charge in [-0.05, 0) is 35.9 Å². The molecule has 0 atom stereocenters. The number of benzene rings is 2. The van der Waals surface area contributed by atoms with E-state index < -0.39 is 0 Å². The van der Waals surface area contributed by atoms with E-state index in [2.05, 4.69) is 0 Å². The van der Waals surface area contributed by atoms with Gasteiger partial charge in [-0.2, -0.15) is 0 Å². The topological polar surface area (TPSA) is 35.2 Å². The molecule has 0 heterocycles. The Morgan fingerprint density at radius 2 is 1.94 bits per heavy atom. The monoisotopic (exact) mass is 251 g/mol. The molecule has 0 aliphatic rings. The van der Waals surface area contributed by atoms with Crippen molar-refractivity contribution >= 4 is 17.3 Å². The average molecular weight is 252 g/mol. The Kier molecular flexibility index (Phi) is 3.20. The van der Waals surface area contributed by atoms with Crippen molar-refractivity contribution in [3.05, 3.63) is 47.2 Å². The molecule has 0 spiro atoms. The second-order valence-electron chi connectivity index (χ2n) is 3.58. The van der Waals surface area contributed by atoms with E-state index in [1.165, 1.54) is 12.1 Å². The largest absolute Gasteiger partial charge is 0.495 e. The van der Waals surface area contributed by atoms with Crippen LogP contribution >= 0.6 is 11.6 Å². The quantitative estimate of drug-likeness (QED) is 0.826. The van der Waals surface area contributed by atoms with Gasteiger partial charge in [0.1, 0.15) is 11.6 Å². The van der Waals surface area contributed by atoms with Crippen LogP contribution in [0.4, 0.5) is 10.1 Å². The first-order valence-electron chi connectivity index (χ1n) is 5.01. The maximum absolute atomic E-state index is 12.9. The maximum atomic E-state index is 12.9. The zero-order valence-electron chi connectivity index (χ0n) is 9.21. The Morgan fingerprint density at radius 3 is 2.59 bits per heavy atom. The molecule has 2 aromatic carbocycles. The smallest absolute Gasteiger partial charge is 0.138 e. The molecule has 17 heavy (non-hydrogen) atoms. The third-order valence-electron chi connectivity index (χ3n) is 2.48. The number of nitrogens with two attached hydrogens (primary N) is 1. The highest BCUT2D eigenvalue weighted by atomic mass is 35.5. The Balaban J connectivity index is 2.53. The van der Waals surface area contributed by atoms with E-state index in [9.17, 15) is 4.39 Å². The maximum Gasteiger partial charge on any atom is 0.138 e. The van der Waals surface area contributed by atoms with Crippen LogP contribution in [0.5, 0.6) is 5.75 Å². The summed E-state index contributed by atoms with van der Waals surface area (Å²) in [6, 6.07) is 9.59. The van der Waals surface area contributed by atoms with E-state index in [0.717, 1.165) is 11.1 Å². The molecule has 2 aromatic rings. The van der Waals surface area contributed by atoms with Crippen LogP contribution in [0, 0.1) is 5.82 Å². The minimum absolute atomic E-state index is 0.354. The fourth-order valence-electron chi connectivity index (χ4n) is 1.62. The normalized spacial score (nSPS) is 10.3. The number of halogens is 2. The van der Waals surface area contributed by atoms with Gasteiger partial charge in [0.05, 0.1) is 12.1 Å². The number of ether oxygens (including phenoxy) is 1. The first kappa shape index (κ1) is 11.7. The van der Waals surface area contributed by atoms with E-state index >= 15 is 0 Å². The van der Waals surface area contributed by atoms with Crippen LogP contribution in [0.25, 0.3) is 11.1 Å². The molecule has 0 aliphatic carbocycles. The number of anilines is 1. The average Bonchev–Trinajstić information content (AvgIpc) is 2.30. The molecule has 88 valence electrons. The fourth-order valence-corrected chi connectivity index (χ4v) is 1.82. The van der Waals surface area contributed by atoms with Gasteiger partial charge in [0.15, 0.2) is 0 Å². The predicted molar refractivity (Wildman–Crippen MR) is 67.8 cm³/mol. The lowest BCUT2D eigenvalue weighted by molar-refractivity contribution is 0.415. The number of hydrogen-bond donors (Lipinski definition) is 1. The lowest BCUT2D eigenvalue weighted by Gasteiger charge is -2.09. The van der Waals surface area contributed by atoms with E-state index in [4.69, 9.17) is 22.1 Å². The lowest BCUT2D eigenvalue weighted by atomic mass is 10.0. The van der Waals surface area contributed by atoms with E-state index in [-0.39, 0.29) is 5.82 Å². The van der Waals surface area contributed by atoms with Gasteiger partial charge in [-0.1, -0.05) is 17.7 Å². The van der Waals surface area contributed by atoms with Gasteiger partial charge in [0.2, 0.25) is 0 Å². The number of methoxy groups -OCH3 is 1. The Labute approximate surface area is 104 Å². The van der Waals surface area contributed by atoms with Crippen molar-refractivity contribution in [1.29, 1.82) is 0 Å². The van der Waals surface area contributed by atoms with Gasteiger partial charge in [-0.15, -0.1) is 0 Å². The molecule has 4 heteroatoms. The summed E-state index contributed by atoms with van der Waals surface area (Å²) in [5.41, 5.74) is 7.74. The third-order valence-corrected chi connectivity index (χ3v) is 2.79. The second-order valence-corrected chi connectivity index (χ2v) is 3.99. The molecule has 2 N–H and O–H groups in total. The zero-order valence-corrected chi connectivity index (χ0v) is 9.96. The molecule has 0 amide bonds. The van der Waals surface area contributed by atoms with Crippen molar-refractivity contribution < 1.29 is 9.13 Å². The summed E-state index contributed by atoms with van der Waals surface area (Å²) in [5.74, 6) is 0.208. The van der Waals surface area contributed by atoms with Crippen LogP contribution in [-0.2, 0) is 0 Å². The lowest BCUT2D eigenvalue weighted by Crippen LogP contribution is -1.92. The van der Waals surface area contributed by atoms with Crippen molar-refractivity contribution in [2.75, 3.05) is 12.8 Å². The summed E-state index contributed by atoms with van der Waals surface area (Å²) in [7, 11) is 1.54. The molecule has 0 fully saturated rings. The molecule has 0 aliphatic heterocycles. The molecule has 2 rings (SSSR count). The van der Waals surface area contributed by atoms with Gasteiger partial charge in [-0.25, -0.2) is 4.39 Å². The first-order valence-corrected chi connectivity index (χ1v) is 5.38. The van der Waals surface area contributed by atoms with Crippen LogP contribution in [0.15, 0.2) is 36.4 Å². The summed E-state index contributed by atoms with van der Waals surface area (Å²) in [4.78, 5) is 0. The van der Waals surface area contributed by atoms with Crippen LogP contribution < -0.4 is 10.5 Å². The highest BCUT2D eigenvalue weighted by molar-refractivity contribution is 6.32. The SMILES string of the molecule is COc1cc(-c2ccc(F)cc2N)ccc1Cl. The minimum Gasteiger partial charge on any atom is -0.495 e. The predicted octanol–water partition coefficient (Wildman–Crippen LogP) is 3.74. The molecule has 0 unspecified atom stereocenters. The molecule has 0 bridgehead atoms. The number of rotatable bonds is 2. The molecule has 2 nitrogen and oxygen atoms in total. The van der Waals surface area contributed by atoms with Crippen LogP contribution in [0.3, 0.4) is 0 Å². The van der Waals surface area contributed by atoms with Gasteiger partial charge < -0.3 is 10.5 Å². The van der Waals surface area contributed by atoms with E-state index in [1.54, 1.807) is 25.3 Å². The van der Waals surface area contributed by atoms with Crippen molar-refractivity contribution in [3.8, 4) is 16.9 Å². The van der Waals surface area contributed by atoms with E-state index in [0.29, 0.717) is 16.5 Å². The van der Waals surface area contributed by atoms with Gasteiger partial charge in [-0.3, -0.25) is 0 Å². The second kappa shape index (κ2) is 4.63. The zero-order chi connectivity index (χ0) is 12.4. The number of nitrogen functional groups attached to an aromatic ring is 1. The van der Waals surface area contributed by atoms with Crippen LogP contribution in [-0.4, -0.2) is 7.11 Å². The molecule has 0 aromatic heterocycles. The van der Waals surface area contributed by atoms with Gasteiger partial charge in [0, 0.05) is 11.3 Å². The molecular formula is C13H11ClFNO. The Morgan fingerprint density at radius 1 is 1.18 bits per heavy atom. The molecule has 0 saturated heterocycles. The highest BCUT2D eigenvalue weighted by Crippen LogP contribution is 2.33. The summed E-state index contributed by atoms with van der Waals surface area (Å²) in [6.07, 6.45) is 0. The van der Waals surface area contributed by atoms with Crippen LogP contribution in [0.1, 0.15) is 0 Å². The molecule has 0 radical (unpaired) electrons. The highest BCUT2D eigenvalue weighted by Gasteiger charge is 2.07. The first-order chi connectivity index (χ1) is 8.11. The van der Waals surface area contributed by atoms with Crippen molar-refractivity contribution in [1.82, 2.24) is 0 Å². The molecular weight excluding hydrogens is 241 g/mol. The van der Waals surface area contributed by atoms with Crippen molar-refractivity contribution in [3.63, 3.8) is 0 Å².